The van der Waals surface area contributed by atoms with E-state index < -0.39 is 17.8 Å². The lowest BCUT2D eigenvalue weighted by atomic mass is 10.1. The third kappa shape index (κ3) is 3.10. The minimum atomic E-state index is -4.39. The van der Waals surface area contributed by atoms with Gasteiger partial charge in [-0.2, -0.15) is 13.2 Å². The highest BCUT2D eigenvalue weighted by Gasteiger charge is 2.30. The Morgan fingerprint density at radius 1 is 1.22 bits per heavy atom. The molecule has 1 aromatic heterocycles. The third-order valence-corrected chi connectivity index (χ3v) is 3.69. The lowest BCUT2D eigenvalue weighted by Gasteiger charge is -2.25. The van der Waals surface area contributed by atoms with Crippen molar-refractivity contribution >= 4 is 6.09 Å². The Kier molecular flexibility index (Phi) is 3.67. The van der Waals surface area contributed by atoms with Crippen LogP contribution in [0.5, 0.6) is 0 Å². The van der Waals surface area contributed by atoms with Crippen LogP contribution in [0.15, 0.2) is 30.5 Å². The van der Waals surface area contributed by atoms with Crippen LogP contribution in [0.1, 0.15) is 16.8 Å². The van der Waals surface area contributed by atoms with Gasteiger partial charge >= 0.3 is 12.3 Å². The van der Waals surface area contributed by atoms with Crippen molar-refractivity contribution in [2.75, 3.05) is 6.54 Å². The number of halogens is 3. The van der Waals surface area contributed by atoms with Crippen molar-refractivity contribution in [1.29, 1.82) is 0 Å². The number of carbonyl (C=O) groups is 1. The molecule has 2 aromatic rings. The monoisotopic (exact) mass is 323 g/mol. The molecule has 0 spiro atoms. The predicted octanol–water partition coefficient (Wildman–Crippen LogP) is 3.20. The van der Waals surface area contributed by atoms with E-state index in [4.69, 9.17) is 5.11 Å². The fraction of sp³-hybridized carbons (Fsp3) is 0.267. The van der Waals surface area contributed by atoms with Gasteiger partial charge in [-0.25, -0.2) is 14.8 Å². The predicted molar refractivity (Wildman–Crippen MR) is 74.6 cm³/mol. The number of hydrogen-bond donors (Lipinski definition) is 1. The van der Waals surface area contributed by atoms with Gasteiger partial charge in [0.15, 0.2) is 5.82 Å². The molecule has 0 saturated carbocycles. The topological polar surface area (TPSA) is 66.3 Å². The molecule has 1 N–H and O–H groups in total. The van der Waals surface area contributed by atoms with E-state index in [9.17, 15) is 18.0 Å². The first kappa shape index (κ1) is 15.3. The fourth-order valence-electron chi connectivity index (χ4n) is 2.41. The Hall–Kier alpha value is -2.64. The van der Waals surface area contributed by atoms with Gasteiger partial charge in [0, 0.05) is 18.3 Å². The van der Waals surface area contributed by atoms with Crippen LogP contribution in [0, 0.1) is 0 Å². The number of benzene rings is 1. The van der Waals surface area contributed by atoms with Crippen LogP contribution >= 0.6 is 0 Å². The molecule has 1 aliphatic heterocycles. The lowest BCUT2D eigenvalue weighted by molar-refractivity contribution is -0.137. The van der Waals surface area contributed by atoms with Gasteiger partial charge in [-0.3, -0.25) is 0 Å². The van der Waals surface area contributed by atoms with Crippen LogP contribution in [0.3, 0.4) is 0 Å². The van der Waals surface area contributed by atoms with E-state index in [0.29, 0.717) is 24.2 Å². The van der Waals surface area contributed by atoms with Gasteiger partial charge in [0.25, 0.3) is 0 Å². The van der Waals surface area contributed by atoms with Crippen molar-refractivity contribution in [2.45, 2.75) is 19.1 Å². The number of rotatable bonds is 1. The average molecular weight is 323 g/mol. The van der Waals surface area contributed by atoms with E-state index in [1.165, 1.54) is 17.0 Å². The second-order valence-corrected chi connectivity index (χ2v) is 5.19. The van der Waals surface area contributed by atoms with Crippen molar-refractivity contribution < 1.29 is 23.1 Å². The molecule has 0 atom stereocenters. The zero-order chi connectivity index (χ0) is 16.6. The minimum absolute atomic E-state index is 0.154. The number of alkyl halides is 3. The molecule has 120 valence electrons. The largest absolute Gasteiger partial charge is 0.465 e. The second-order valence-electron chi connectivity index (χ2n) is 5.19. The van der Waals surface area contributed by atoms with Crippen molar-refractivity contribution in [3.8, 4) is 11.4 Å². The van der Waals surface area contributed by atoms with Crippen LogP contribution in [-0.2, 0) is 19.1 Å². The van der Waals surface area contributed by atoms with Gasteiger partial charge in [0.05, 0.1) is 17.8 Å². The summed E-state index contributed by atoms with van der Waals surface area (Å²) in [6, 6.07) is 4.56. The number of nitrogens with zero attached hydrogens (tertiary/aromatic N) is 3. The highest BCUT2D eigenvalue weighted by atomic mass is 19.4. The molecule has 0 saturated heterocycles. The molecule has 8 heteroatoms. The number of fused-ring (bicyclic) bond motifs is 1. The summed E-state index contributed by atoms with van der Waals surface area (Å²) in [5.74, 6) is 0.282. The van der Waals surface area contributed by atoms with Crippen molar-refractivity contribution in [2.24, 2.45) is 0 Å². The SMILES string of the molecule is O=C(O)N1CCc2cnc(-c3ccc(C(F)(F)F)cc3)nc2C1. The molecule has 2 heterocycles. The third-order valence-electron chi connectivity index (χ3n) is 3.69. The van der Waals surface area contributed by atoms with E-state index in [-0.39, 0.29) is 12.4 Å². The molecule has 0 fully saturated rings. The van der Waals surface area contributed by atoms with Gasteiger partial charge in [0.2, 0.25) is 0 Å². The molecular weight excluding hydrogens is 311 g/mol. The maximum absolute atomic E-state index is 12.6. The van der Waals surface area contributed by atoms with Crippen molar-refractivity contribution in [1.82, 2.24) is 14.9 Å². The molecule has 0 bridgehead atoms. The van der Waals surface area contributed by atoms with Crippen LogP contribution in [0.25, 0.3) is 11.4 Å². The molecular formula is C15H12F3N3O2. The Labute approximate surface area is 129 Å². The molecule has 3 rings (SSSR count). The first-order valence-corrected chi connectivity index (χ1v) is 6.85. The van der Waals surface area contributed by atoms with Crippen LogP contribution in [0.4, 0.5) is 18.0 Å². The van der Waals surface area contributed by atoms with Gasteiger partial charge < -0.3 is 10.0 Å². The number of amides is 1. The summed E-state index contributed by atoms with van der Waals surface area (Å²) in [4.78, 5) is 20.7. The fourth-order valence-corrected chi connectivity index (χ4v) is 2.41. The minimum Gasteiger partial charge on any atom is -0.465 e. The maximum Gasteiger partial charge on any atom is 0.416 e. The number of carboxylic acid groups (broad SMARTS) is 1. The average Bonchev–Trinajstić information content (AvgIpc) is 2.53. The highest BCUT2D eigenvalue weighted by molar-refractivity contribution is 5.65. The Morgan fingerprint density at radius 3 is 2.52 bits per heavy atom. The number of aromatic nitrogens is 2. The summed E-state index contributed by atoms with van der Waals surface area (Å²) in [7, 11) is 0. The number of hydrogen-bond acceptors (Lipinski definition) is 3. The van der Waals surface area contributed by atoms with E-state index in [1.807, 2.05) is 0 Å². The Balaban J connectivity index is 1.90. The zero-order valence-corrected chi connectivity index (χ0v) is 11.8. The smallest absolute Gasteiger partial charge is 0.416 e. The summed E-state index contributed by atoms with van der Waals surface area (Å²) in [5.41, 5.74) is 1.16. The zero-order valence-electron chi connectivity index (χ0n) is 11.8. The molecule has 23 heavy (non-hydrogen) atoms. The van der Waals surface area contributed by atoms with Gasteiger partial charge in [-0.15, -0.1) is 0 Å². The standard InChI is InChI=1S/C15H12F3N3O2/c16-15(17,18)11-3-1-9(2-4-11)13-19-7-10-5-6-21(14(22)23)8-12(10)20-13/h1-4,7H,5-6,8H2,(H,22,23). The molecule has 1 aliphatic rings. The molecule has 0 unspecified atom stereocenters. The van der Waals surface area contributed by atoms with Crippen LogP contribution in [0.2, 0.25) is 0 Å². The second kappa shape index (κ2) is 5.53. The van der Waals surface area contributed by atoms with Gasteiger partial charge in [-0.05, 0) is 24.1 Å². The molecule has 0 radical (unpaired) electrons. The highest BCUT2D eigenvalue weighted by Crippen LogP contribution is 2.30. The van der Waals surface area contributed by atoms with E-state index in [0.717, 1.165) is 17.7 Å². The normalized spacial score (nSPS) is 14.5. The first-order chi connectivity index (χ1) is 10.8. The Morgan fingerprint density at radius 2 is 1.91 bits per heavy atom. The summed E-state index contributed by atoms with van der Waals surface area (Å²) in [6.07, 6.45) is -3.29. The van der Waals surface area contributed by atoms with E-state index in [1.54, 1.807) is 6.20 Å². The summed E-state index contributed by atoms with van der Waals surface area (Å²) in [6.45, 7) is 0.534. The summed E-state index contributed by atoms with van der Waals surface area (Å²) >= 11 is 0. The Bertz CT molecular complexity index is 745. The van der Waals surface area contributed by atoms with E-state index in [2.05, 4.69) is 9.97 Å². The molecule has 5 nitrogen and oxygen atoms in total. The summed E-state index contributed by atoms with van der Waals surface area (Å²) in [5, 5.41) is 9.03. The lowest BCUT2D eigenvalue weighted by Crippen LogP contribution is -2.35. The quantitative estimate of drug-likeness (QED) is 0.875. The maximum atomic E-state index is 12.6. The van der Waals surface area contributed by atoms with Gasteiger partial charge in [0.1, 0.15) is 0 Å². The molecule has 1 amide bonds. The first-order valence-electron chi connectivity index (χ1n) is 6.85. The van der Waals surface area contributed by atoms with Crippen molar-refractivity contribution in [3.63, 3.8) is 0 Å². The van der Waals surface area contributed by atoms with Crippen LogP contribution < -0.4 is 0 Å². The van der Waals surface area contributed by atoms with Gasteiger partial charge in [-0.1, -0.05) is 12.1 Å². The molecule has 0 aliphatic carbocycles. The molecule has 1 aromatic carbocycles. The van der Waals surface area contributed by atoms with Crippen molar-refractivity contribution in [3.05, 3.63) is 47.3 Å². The van der Waals surface area contributed by atoms with E-state index >= 15 is 0 Å². The van der Waals surface area contributed by atoms with Crippen LogP contribution in [-0.4, -0.2) is 32.6 Å². The summed E-state index contributed by atoms with van der Waals surface area (Å²) < 4.78 is 37.7.